The van der Waals surface area contributed by atoms with Crippen LogP contribution in [0.1, 0.15) is 24.9 Å². The van der Waals surface area contributed by atoms with Gasteiger partial charge in [-0.15, -0.1) is 0 Å². The van der Waals surface area contributed by atoms with E-state index in [1.807, 2.05) is 30.3 Å². The van der Waals surface area contributed by atoms with Crippen LogP contribution in [0.2, 0.25) is 15.1 Å². The smallest absolute Gasteiger partial charge is 0.0638 e. The van der Waals surface area contributed by atoms with E-state index in [1.54, 1.807) is 6.07 Å². The maximum atomic E-state index is 6.27. The SMILES string of the molecule is CCC(Nc1cc(Br)ccc1Cl)c1ccc(Cl)cc1Cl. The molecule has 2 aromatic rings. The van der Waals surface area contributed by atoms with Gasteiger partial charge in [0.2, 0.25) is 0 Å². The highest BCUT2D eigenvalue weighted by molar-refractivity contribution is 9.10. The summed E-state index contributed by atoms with van der Waals surface area (Å²) >= 11 is 21.9. The van der Waals surface area contributed by atoms with E-state index in [1.165, 1.54) is 0 Å². The van der Waals surface area contributed by atoms with Gasteiger partial charge in [0.1, 0.15) is 0 Å². The Morgan fingerprint density at radius 3 is 2.45 bits per heavy atom. The van der Waals surface area contributed by atoms with E-state index in [9.17, 15) is 0 Å². The van der Waals surface area contributed by atoms with E-state index >= 15 is 0 Å². The van der Waals surface area contributed by atoms with Crippen LogP contribution >= 0.6 is 50.7 Å². The lowest BCUT2D eigenvalue weighted by molar-refractivity contribution is 0.749. The summed E-state index contributed by atoms with van der Waals surface area (Å²) in [7, 11) is 0. The molecule has 0 spiro atoms. The average molecular weight is 394 g/mol. The summed E-state index contributed by atoms with van der Waals surface area (Å²) in [5.74, 6) is 0. The molecule has 1 unspecified atom stereocenters. The molecule has 0 bridgehead atoms. The molecular weight excluding hydrogens is 380 g/mol. The lowest BCUT2D eigenvalue weighted by Gasteiger charge is -2.21. The summed E-state index contributed by atoms with van der Waals surface area (Å²) in [5, 5.41) is 5.39. The van der Waals surface area contributed by atoms with E-state index in [0.717, 1.165) is 22.1 Å². The number of rotatable bonds is 4. The fourth-order valence-corrected chi connectivity index (χ4v) is 3.05. The Morgan fingerprint density at radius 2 is 1.80 bits per heavy atom. The van der Waals surface area contributed by atoms with Gasteiger partial charge in [0.15, 0.2) is 0 Å². The number of anilines is 1. The molecule has 1 N–H and O–H groups in total. The zero-order chi connectivity index (χ0) is 14.7. The van der Waals surface area contributed by atoms with Gasteiger partial charge < -0.3 is 5.32 Å². The van der Waals surface area contributed by atoms with E-state index in [-0.39, 0.29) is 6.04 Å². The number of nitrogens with one attached hydrogen (secondary N) is 1. The van der Waals surface area contributed by atoms with Crippen LogP contribution in [0, 0.1) is 0 Å². The molecular formula is C15H13BrCl3N. The van der Waals surface area contributed by atoms with Crippen molar-refractivity contribution in [1.29, 1.82) is 0 Å². The Morgan fingerprint density at radius 1 is 1.05 bits per heavy atom. The highest BCUT2D eigenvalue weighted by Gasteiger charge is 2.14. The Labute approximate surface area is 142 Å². The zero-order valence-corrected chi connectivity index (χ0v) is 14.6. The molecule has 2 rings (SSSR count). The largest absolute Gasteiger partial charge is 0.377 e. The molecule has 106 valence electrons. The summed E-state index contributed by atoms with van der Waals surface area (Å²) in [4.78, 5) is 0. The lowest BCUT2D eigenvalue weighted by Crippen LogP contribution is -2.10. The third-order valence-corrected chi connectivity index (χ3v) is 4.39. The van der Waals surface area contributed by atoms with Crippen molar-refractivity contribution in [2.24, 2.45) is 0 Å². The summed E-state index contributed by atoms with van der Waals surface area (Å²) in [5.41, 5.74) is 1.88. The molecule has 0 aliphatic heterocycles. The Balaban J connectivity index is 2.31. The summed E-state index contributed by atoms with van der Waals surface area (Å²) in [6.07, 6.45) is 0.879. The van der Waals surface area contributed by atoms with Crippen molar-refractivity contribution < 1.29 is 0 Å². The van der Waals surface area contributed by atoms with Crippen LogP contribution in [0.5, 0.6) is 0 Å². The molecule has 0 amide bonds. The first-order valence-corrected chi connectivity index (χ1v) is 8.10. The van der Waals surface area contributed by atoms with Crippen molar-refractivity contribution in [1.82, 2.24) is 0 Å². The number of benzene rings is 2. The maximum absolute atomic E-state index is 6.27. The predicted octanol–water partition coefficient (Wildman–Crippen LogP) is 6.97. The van der Waals surface area contributed by atoms with Crippen LogP contribution in [0.25, 0.3) is 0 Å². The topological polar surface area (TPSA) is 12.0 Å². The van der Waals surface area contributed by atoms with Crippen LogP contribution in [0.15, 0.2) is 40.9 Å². The third-order valence-electron chi connectivity index (χ3n) is 3.00. The molecule has 0 aliphatic rings. The van der Waals surface area contributed by atoms with Gasteiger partial charge in [-0.2, -0.15) is 0 Å². The quantitative estimate of drug-likeness (QED) is 0.591. The fourth-order valence-electron chi connectivity index (χ4n) is 1.98. The van der Waals surface area contributed by atoms with Gasteiger partial charge >= 0.3 is 0 Å². The highest BCUT2D eigenvalue weighted by atomic mass is 79.9. The molecule has 0 saturated carbocycles. The molecule has 0 heterocycles. The van der Waals surface area contributed by atoms with Crippen LogP contribution in [-0.2, 0) is 0 Å². The van der Waals surface area contributed by atoms with Crippen molar-refractivity contribution in [3.8, 4) is 0 Å². The molecule has 0 saturated heterocycles. The van der Waals surface area contributed by atoms with Crippen molar-refractivity contribution in [3.63, 3.8) is 0 Å². The second-order valence-corrected chi connectivity index (χ2v) is 6.56. The third kappa shape index (κ3) is 3.82. The van der Waals surface area contributed by atoms with Gasteiger partial charge in [-0.1, -0.05) is 63.7 Å². The fraction of sp³-hybridized carbons (Fsp3) is 0.200. The van der Waals surface area contributed by atoms with E-state index in [2.05, 4.69) is 28.2 Å². The summed E-state index contributed by atoms with van der Waals surface area (Å²) in [6.45, 7) is 2.09. The zero-order valence-electron chi connectivity index (χ0n) is 10.8. The van der Waals surface area contributed by atoms with Crippen molar-refractivity contribution in [2.45, 2.75) is 19.4 Å². The second kappa shape index (κ2) is 7.04. The summed E-state index contributed by atoms with van der Waals surface area (Å²) < 4.78 is 0.974. The molecule has 5 heteroatoms. The van der Waals surface area contributed by atoms with Crippen LogP contribution < -0.4 is 5.32 Å². The van der Waals surface area contributed by atoms with Crippen LogP contribution in [-0.4, -0.2) is 0 Å². The normalized spacial score (nSPS) is 12.2. The Kier molecular flexibility index (Phi) is 5.62. The Hall–Kier alpha value is -0.410. The van der Waals surface area contributed by atoms with Crippen LogP contribution in [0.3, 0.4) is 0 Å². The molecule has 0 aromatic heterocycles. The van der Waals surface area contributed by atoms with Gasteiger partial charge in [-0.3, -0.25) is 0 Å². The molecule has 20 heavy (non-hydrogen) atoms. The Bertz CT molecular complexity index is 616. The number of halogens is 4. The first-order valence-electron chi connectivity index (χ1n) is 6.17. The summed E-state index contributed by atoms with van der Waals surface area (Å²) in [6, 6.07) is 11.3. The van der Waals surface area contributed by atoms with Gasteiger partial charge in [-0.05, 0) is 42.3 Å². The number of hydrogen-bond donors (Lipinski definition) is 1. The maximum Gasteiger partial charge on any atom is 0.0638 e. The van der Waals surface area contributed by atoms with Gasteiger partial charge in [-0.25, -0.2) is 0 Å². The predicted molar refractivity (Wildman–Crippen MR) is 92.3 cm³/mol. The van der Waals surface area contributed by atoms with Gasteiger partial charge in [0.05, 0.1) is 16.8 Å². The molecule has 2 aromatic carbocycles. The minimum atomic E-state index is 0.0755. The average Bonchev–Trinajstić information content (AvgIpc) is 2.40. The molecule has 1 atom stereocenters. The van der Waals surface area contributed by atoms with Gasteiger partial charge in [0.25, 0.3) is 0 Å². The number of hydrogen-bond acceptors (Lipinski definition) is 1. The van der Waals surface area contributed by atoms with Crippen LogP contribution in [0.4, 0.5) is 5.69 Å². The van der Waals surface area contributed by atoms with Crippen molar-refractivity contribution in [2.75, 3.05) is 5.32 Å². The molecule has 0 radical (unpaired) electrons. The second-order valence-electron chi connectivity index (χ2n) is 4.40. The minimum absolute atomic E-state index is 0.0755. The van der Waals surface area contributed by atoms with E-state index in [4.69, 9.17) is 34.8 Å². The minimum Gasteiger partial charge on any atom is -0.377 e. The van der Waals surface area contributed by atoms with E-state index < -0.39 is 0 Å². The first kappa shape index (κ1) is 16.0. The molecule has 0 fully saturated rings. The van der Waals surface area contributed by atoms with Crippen molar-refractivity contribution >= 4 is 56.4 Å². The van der Waals surface area contributed by atoms with Crippen molar-refractivity contribution in [3.05, 3.63) is 61.5 Å². The van der Waals surface area contributed by atoms with E-state index in [0.29, 0.717) is 15.1 Å². The van der Waals surface area contributed by atoms with Gasteiger partial charge in [0, 0.05) is 14.5 Å². The highest BCUT2D eigenvalue weighted by Crippen LogP contribution is 2.33. The monoisotopic (exact) mass is 391 g/mol. The standard InChI is InChI=1S/C15H13BrCl3N/c1-2-14(11-5-4-10(17)8-13(11)19)20-15-7-9(16)3-6-12(15)18/h3-8,14,20H,2H2,1H3. The lowest BCUT2D eigenvalue weighted by atomic mass is 10.0. The molecule has 0 aliphatic carbocycles. The first-order chi connectivity index (χ1) is 9.51. The molecule has 1 nitrogen and oxygen atoms in total.